The van der Waals surface area contributed by atoms with Gasteiger partial charge < -0.3 is 9.73 Å². The van der Waals surface area contributed by atoms with E-state index in [0.29, 0.717) is 0 Å². The predicted molar refractivity (Wildman–Crippen MR) is 65.3 cm³/mol. The van der Waals surface area contributed by atoms with Crippen molar-refractivity contribution in [1.29, 1.82) is 0 Å². The van der Waals surface area contributed by atoms with Crippen molar-refractivity contribution in [3.63, 3.8) is 0 Å². The summed E-state index contributed by atoms with van der Waals surface area (Å²) in [7, 11) is 0. The summed E-state index contributed by atoms with van der Waals surface area (Å²) in [5, 5.41) is 4.21. The smallest absolute Gasteiger partial charge is 0.114 e. The molecule has 84 valence electrons. The van der Waals surface area contributed by atoms with Crippen LogP contribution in [0.15, 0.2) is 16.5 Å². The molecule has 0 radical (unpaired) electrons. The molecule has 1 atom stereocenters. The molecule has 1 N–H and O–H groups in total. The summed E-state index contributed by atoms with van der Waals surface area (Å²) in [6.45, 7) is 4.48. The second-order valence-corrected chi connectivity index (χ2v) is 5.29. The molecule has 1 aromatic rings. The van der Waals surface area contributed by atoms with Crippen LogP contribution in [0.1, 0.15) is 31.3 Å². The largest absolute Gasteiger partial charge is 0.465 e. The van der Waals surface area contributed by atoms with Gasteiger partial charge in [0.1, 0.15) is 11.5 Å². The van der Waals surface area contributed by atoms with Crippen molar-refractivity contribution in [3.05, 3.63) is 23.7 Å². The van der Waals surface area contributed by atoms with E-state index in [1.165, 1.54) is 19.4 Å². The van der Waals surface area contributed by atoms with Crippen LogP contribution in [0.4, 0.5) is 0 Å². The van der Waals surface area contributed by atoms with Crippen molar-refractivity contribution in [2.75, 3.05) is 13.1 Å². The van der Waals surface area contributed by atoms with Crippen LogP contribution in [0.2, 0.25) is 0 Å². The molecule has 0 aliphatic carbocycles. The predicted octanol–water partition coefficient (Wildman–Crippen LogP) is 2.83. The molecular weight excluding hydrogens is 206 g/mol. The van der Waals surface area contributed by atoms with E-state index in [0.717, 1.165) is 35.5 Å². The highest BCUT2D eigenvalue weighted by molar-refractivity contribution is 7.99. The van der Waals surface area contributed by atoms with Crippen molar-refractivity contribution >= 4 is 11.8 Å². The van der Waals surface area contributed by atoms with Crippen LogP contribution in [0.25, 0.3) is 0 Å². The fourth-order valence-corrected chi connectivity index (χ4v) is 2.98. The Labute approximate surface area is 95.8 Å². The Morgan fingerprint density at radius 1 is 1.47 bits per heavy atom. The lowest BCUT2D eigenvalue weighted by molar-refractivity contribution is 0.484. The lowest BCUT2D eigenvalue weighted by Gasteiger charge is -2.21. The Kier molecular flexibility index (Phi) is 4.15. The number of nitrogens with one attached hydrogen (secondary N) is 1. The molecule has 0 amide bonds. The average Bonchev–Trinajstić information content (AvgIpc) is 2.76. The maximum Gasteiger partial charge on any atom is 0.114 e. The first-order valence-corrected chi connectivity index (χ1v) is 6.83. The van der Waals surface area contributed by atoms with Crippen molar-refractivity contribution < 1.29 is 4.42 Å². The first-order chi connectivity index (χ1) is 7.38. The molecule has 0 saturated carbocycles. The molecule has 0 bridgehead atoms. The lowest BCUT2D eigenvalue weighted by Crippen LogP contribution is -2.31. The van der Waals surface area contributed by atoms with Gasteiger partial charge in [-0.2, -0.15) is 0 Å². The van der Waals surface area contributed by atoms with E-state index < -0.39 is 0 Å². The highest BCUT2D eigenvalue weighted by Gasteiger charge is 2.13. The Morgan fingerprint density at radius 2 is 2.33 bits per heavy atom. The van der Waals surface area contributed by atoms with E-state index in [-0.39, 0.29) is 0 Å². The Balaban J connectivity index is 1.76. The van der Waals surface area contributed by atoms with Gasteiger partial charge in [0.2, 0.25) is 0 Å². The highest BCUT2D eigenvalue weighted by Crippen LogP contribution is 2.23. The molecule has 1 aliphatic heterocycles. The van der Waals surface area contributed by atoms with Gasteiger partial charge in [-0.3, -0.25) is 0 Å². The number of piperidine rings is 1. The molecular formula is C12H19NOS. The number of hydrogen-bond acceptors (Lipinski definition) is 3. The van der Waals surface area contributed by atoms with E-state index >= 15 is 0 Å². The van der Waals surface area contributed by atoms with Crippen LogP contribution in [0.3, 0.4) is 0 Å². The van der Waals surface area contributed by atoms with Crippen LogP contribution in [-0.4, -0.2) is 18.3 Å². The number of aryl methyl sites for hydroxylation is 1. The SMILES string of the molecule is CCc1ccc(CSC2CCCNC2)o1. The summed E-state index contributed by atoms with van der Waals surface area (Å²) in [5.41, 5.74) is 0. The maximum absolute atomic E-state index is 5.68. The summed E-state index contributed by atoms with van der Waals surface area (Å²) in [6, 6.07) is 4.21. The fraction of sp³-hybridized carbons (Fsp3) is 0.667. The van der Waals surface area contributed by atoms with E-state index in [4.69, 9.17) is 4.42 Å². The molecule has 1 aromatic heterocycles. The zero-order valence-electron chi connectivity index (χ0n) is 9.29. The maximum atomic E-state index is 5.68. The lowest BCUT2D eigenvalue weighted by atomic mass is 10.2. The van der Waals surface area contributed by atoms with E-state index in [9.17, 15) is 0 Å². The molecule has 2 rings (SSSR count). The first kappa shape index (κ1) is 11.1. The zero-order chi connectivity index (χ0) is 10.5. The minimum atomic E-state index is 0.772. The summed E-state index contributed by atoms with van der Waals surface area (Å²) in [4.78, 5) is 0. The normalized spacial score (nSPS) is 21.8. The van der Waals surface area contributed by atoms with Gasteiger partial charge in [-0.15, -0.1) is 11.8 Å². The second kappa shape index (κ2) is 5.61. The van der Waals surface area contributed by atoms with Crippen LogP contribution in [-0.2, 0) is 12.2 Å². The highest BCUT2D eigenvalue weighted by atomic mass is 32.2. The standard InChI is InChI=1S/C12H19NOS/c1-2-10-5-6-11(14-10)9-15-12-4-3-7-13-8-12/h5-6,12-13H,2-4,7-9H2,1H3. The van der Waals surface area contributed by atoms with Gasteiger partial charge in [0.25, 0.3) is 0 Å². The Bertz CT molecular complexity index is 292. The van der Waals surface area contributed by atoms with Gasteiger partial charge in [0.15, 0.2) is 0 Å². The fourth-order valence-electron chi connectivity index (χ4n) is 1.85. The minimum absolute atomic E-state index is 0.772. The third kappa shape index (κ3) is 3.28. The number of rotatable bonds is 4. The van der Waals surface area contributed by atoms with Crippen LogP contribution in [0, 0.1) is 0 Å². The van der Waals surface area contributed by atoms with Gasteiger partial charge in [-0.1, -0.05) is 6.92 Å². The number of hydrogen-bond donors (Lipinski definition) is 1. The monoisotopic (exact) mass is 225 g/mol. The van der Waals surface area contributed by atoms with Gasteiger partial charge >= 0.3 is 0 Å². The molecule has 3 heteroatoms. The minimum Gasteiger partial charge on any atom is -0.465 e. The van der Waals surface area contributed by atoms with Crippen molar-refractivity contribution in [2.24, 2.45) is 0 Å². The number of thioether (sulfide) groups is 1. The zero-order valence-corrected chi connectivity index (χ0v) is 10.1. The molecule has 1 fully saturated rings. The molecule has 2 nitrogen and oxygen atoms in total. The third-order valence-electron chi connectivity index (χ3n) is 2.78. The molecule has 2 heterocycles. The molecule has 1 unspecified atom stereocenters. The van der Waals surface area contributed by atoms with E-state index in [2.05, 4.69) is 24.4 Å². The summed E-state index contributed by atoms with van der Waals surface area (Å²) in [5.74, 6) is 3.25. The van der Waals surface area contributed by atoms with E-state index in [1.807, 2.05) is 11.8 Å². The molecule has 1 aliphatic rings. The first-order valence-electron chi connectivity index (χ1n) is 5.78. The van der Waals surface area contributed by atoms with Crippen molar-refractivity contribution in [2.45, 2.75) is 37.2 Å². The molecule has 1 saturated heterocycles. The summed E-state index contributed by atoms with van der Waals surface area (Å²) >= 11 is 2.02. The van der Waals surface area contributed by atoms with Crippen LogP contribution in [0.5, 0.6) is 0 Å². The molecule has 0 aromatic carbocycles. The number of furan rings is 1. The summed E-state index contributed by atoms with van der Waals surface area (Å²) < 4.78 is 5.68. The Hall–Kier alpha value is -0.410. The topological polar surface area (TPSA) is 25.2 Å². The van der Waals surface area contributed by atoms with E-state index in [1.54, 1.807) is 0 Å². The van der Waals surface area contributed by atoms with Crippen molar-refractivity contribution in [1.82, 2.24) is 5.32 Å². The second-order valence-electron chi connectivity index (χ2n) is 4.00. The van der Waals surface area contributed by atoms with Gasteiger partial charge in [-0.25, -0.2) is 0 Å². The molecule has 15 heavy (non-hydrogen) atoms. The van der Waals surface area contributed by atoms with Gasteiger partial charge in [0, 0.05) is 18.2 Å². The quantitative estimate of drug-likeness (QED) is 0.853. The van der Waals surface area contributed by atoms with Gasteiger partial charge in [0.05, 0.1) is 5.75 Å². The third-order valence-corrected chi connectivity index (χ3v) is 4.10. The average molecular weight is 225 g/mol. The Morgan fingerprint density at radius 3 is 3.00 bits per heavy atom. The van der Waals surface area contributed by atoms with Crippen LogP contribution < -0.4 is 5.32 Å². The summed E-state index contributed by atoms with van der Waals surface area (Å²) in [6.07, 6.45) is 3.66. The molecule has 0 spiro atoms. The van der Waals surface area contributed by atoms with Crippen molar-refractivity contribution in [3.8, 4) is 0 Å². The van der Waals surface area contributed by atoms with Crippen LogP contribution >= 0.6 is 11.8 Å². The van der Waals surface area contributed by atoms with Gasteiger partial charge in [-0.05, 0) is 31.5 Å².